The van der Waals surface area contributed by atoms with E-state index in [2.05, 4.69) is 4.90 Å². The van der Waals surface area contributed by atoms with Crippen molar-refractivity contribution in [2.45, 2.75) is 38.3 Å². The van der Waals surface area contributed by atoms with Crippen molar-refractivity contribution in [1.29, 1.82) is 0 Å². The number of hydrogen-bond acceptors (Lipinski definition) is 3. The number of halogens is 1. The summed E-state index contributed by atoms with van der Waals surface area (Å²) in [7, 11) is 1.50. The zero-order valence-corrected chi connectivity index (χ0v) is 11.6. The molecule has 0 saturated carbocycles. The molecule has 0 aliphatic carbocycles. The van der Waals surface area contributed by atoms with Crippen molar-refractivity contribution in [1.82, 2.24) is 4.90 Å². The molecule has 2 rings (SSSR count). The topological polar surface area (TPSA) is 49.8 Å². The number of piperidine rings is 1. The van der Waals surface area contributed by atoms with Gasteiger partial charge >= 0.3 is 5.97 Å². The Morgan fingerprint density at radius 2 is 2.30 bits per heavy atom. The van der Waals surface area contributed by atoms with Gasteiger partial charge in [-0.3, -0.25) is 9.69 Å². The van der Waals surface area contributed by atoms with Crippen molar-refractivity contribution in [3.63, 3.8) is 0 Å². The fourth-order valence-corrected chi connectivity index (χ4v) is 2.70. The van der Waals surface area contributed by atoms with Gasteiger partial charge < -0.3 is 9.84 Å². The fraction of sp³-hybridized carbons (Fsp3) is 0.533. The maximum atomic E-state index is 14.0. The van der Waals surface area contributed by atoms with E-state index in [1.165, 1.54) is 13.2 Å². The number of likely N-dealkylation sites (tertiary alicyclic amines) is 1. The van der Waals surface area contributed by atoms with Crippen molar-refractivity contribution in [3.05, 3.63) is 29.6 Å². The van der Waals surface area contributed by atoms with E-state index in [0.29, 0.717) is 17.9 Å². The SMILES string of the molecule is COc1ccc(CN2CCCCC2CC(=O)O)c(F)c1. The molecule has 0 bridgehead atoms. The highest BCUT2D eigenvalue weighted by Crippen LogP contribution is 2.24. The summed E-state index contributed by atoms with van der Waals surface area (Å²) < 4.78 is 18.9. The number of methoxy groups -OCH3 is 1. The first-order valence-electron chi connectivity index (χ1n) is 6.88. The van der Waals surface area contributed by atoms with E-state index in [-0.39, 0.29) is 18.3 Å². The van der Waals surface area contributed by atoms with Crippen LogP contribution < -0.4 is 4.74 Å². The van der Waals surface area contributed by atoms with Crippen LogP contribution in [0.25, 0.3) is 0 Å². The third-order valence-corrected chi connectivity index (χ3v) is 3.79. The average molecular weight is 281 g/mol. The Bertz CT molecular complexity index is 478. The molecule has 1 atom stereocenters. The molecule has 1 aromatic carbocycles. The molecular weight excluding hydrogens is 261 g/mol. The Hall–Kier alpha value is -1.62. The second-order valence-electron chi connectivity index (χ2n) is 5.18. The minimum absolute atomic E-state index is 0.00255. The summed E-state index contributed by atoms with van der Waals surface area (Å²) in [5.41, 5.74) is 0.586. The predicted molar refractivity (Wildman–Crippen MR) is 73.3 cm³/mol. The zero-order valence-electron chi connectivity index (χ0n) is 11.6. The van der Waals surface area contributed by atoms with Crippen LogP contribution >= 0.6 is 0 Å². The van der Waals surface area contributed by atoms with Gasteiger partial charge in [-0.2, -0.15) is 0 Å². The Morgan fingerprint density at radius 1 is 1.50 bits per heavy atom. The molecule has 0 amide bonds. The molecular formula is C15H20FNO3. The van der Waals surface area contributed by atoms with Gasteiger partial charge in [-0.25, -0.2) is 4.39 Å². The monoisotopic (exact) mass is 281 g/mol. The Morgan fingerprint density at radius 3 is 2.95 bits per heavy atom. The van der Waals surface area contributed by atoms with Gasteiger partial charge in [0, 0.05) is 24.2 Å². The molecule has 0 aromatic heterocycles. The minimum Gasteiger partial charge on any atom is -0.497 e. The summed E-state index contributed by atoms with van der Waals surface area (Å²) in [4.78, 5) is 13.0. The molecule has 5 heteroatoms. The van der Waals surface area contributed by atoms with E-state index < -0.39 is 5.97 Å². The second-order valence-corrected chi connectivity index (χ2v) is 5.18. The van der Waals surface area contributed by atoms with E-state index in [0.717, 1.165) is 25.8 Å². The smallest absolute Gasteiger partial charge is 0.304 e. The number of carboxylic acid groups (broad SMARTS) is 1. The minimum atomic E-state index is -0.794. The number of carbonyl (C=O) groups is 1. The average Bonchev–Trinajstić information content (AvgIpc) is 2.42. The van der Waals surface area contributed by atoms with Gasteiger partial charge in [0.1, 0.15) is 11.6 Å². The number of nitrogens with zero attached hydrogens (tertiary/aromatic N) is 1. The zero-order chi connectivity index (χ0) is 14.5. The summed E-state index contributed by atoms with van der Waals surface area (Å²) in [5, 5.41) is 8.96. The number of carboxylic acids is 1. The highest BCUT2D eigenvalue weighted by Gasteiger charge is 2.25. The largest absolute Gasteiger partial charge is 0.497 e. The molecule has 1 N–H and O–H groups in total. The molecule has 1 aliphatic heterocycles. The van der Waals surface area contributed by atoms with E-state index in [1.807, 2.05) is 0 Å². The first-order valence-corrected chi connectivity index (χ1v) is 6.88. The predicted octanol–water partition coefficient (Wildman–Crippen LogP) is 2.66. The van der Waals surface area contributed by atoms with E-state index in [4.69, 9.17) is 9.84 Å². The summed E-state index contributed by atoms with van der Waals surface area (Å²) in [6, 6.07) is 4.81. The summed E-state index contributed by atoms with van der Waals surface area (Å²) in [6.45, 7) is 1.27. The Kier molecular flexibility index (Phi) is 4.95. The Balaban J connectivity index is 2.08. The van der Waals surface area contributed by atoms with Crippen LogP contribution in [0.1, 0.15) is 31.2 Å². The first-order chi connectivity index (χ1) is 9.60. The van der Waals surface area contributed by atoms with Crippen molar-refractivity contribution >= 4 is 5.97 Å². The van der Waals surface area contributed by atoms with Gasteiger partial charge in [0.05, 0.1) is 13.5 Å². The van der Waals surface area contributed by atoms with Gasteiger partial charge in [0.15, 0.2) is 0 Å². The van der Waals surface area contributed by atoms with Gasteiger partial charge in [-0.15, -0.1) is 0 Å². The second kappa shape index (κ2) is 6.70. The van der Waals surface area contributed by atoms with E-state index in [1.54, 1.807) is 12.1 Å². The van der Waals surface area contributed by atoms with Crippen LogP contribution in [0.15, 0.2) is 18.2 Å². The molecule has 20 heavy (non-hydrogen) atoms. The van der Waals surface area contributed by atoms with Crippen LogP contribution in [0.4, 0.5) is 4.39 Å². The fourth-order valence-electron chi connectivity index (χ4n) is 2.70. The van der Waals surface area contributed by atoms with Crippen molar-refractivity contribution in [2.75, 3.05) is 13.7 Å². The highest BCUT2D eigenvalue weighted by atomic mass is 19.1. The normalized spacial score (nSPS) is 19.8. The third kappa shape index (κ3) is 3.70. The van der Waals surface area contributed by atoms with Gasteiger partial charge in [-0.05, 0) is 25.5 Å². The van der Waals surface area contributed by atoms with Crippen LogP contribution in [-0.4, -0.2) is 35.7 Å². The molecule has 4 nitrogen and oxygen atoms in total. The number of benzene rings is 1. The van der Waals surface area contributed by atoms with E-state index in [9.17, 15) is 9.18 Å². The summed E-state index contributed by atoms with van der Waals surface area (Å²) in [5.74, 6) is -0.604. The third-order valence-electron chi connectivity index (χ3n) is 3.79. The maximum Gasteiger partial charge on any atom is 0.304 e. The van der Waals surface area contributed by atoms with Crippen LogP contribution in [0, 0.1) is 5.82 Å². The summed E-state index contributed by atoms with van der Waals surface area (Å²) >= 11 is 0. The first kappa shape index (κ1) is 14.8. The van der Waals surface area contributed by atoms with Crippen LogP contribution in [0.3, 0.4) is 0 Å². The lowest BCUT2D eigenvalue weighted by Gasteiger charge is -2.35. The maximum absolute atomic E-state index is 14.0. The molecule has 1 fully saturated rings. The molecule has 1 heterocycles. The van der Waals surface area contributed by atoms with Gasteiger partial charge in [0.2, 0.25) is 0 Å². The lowest BCUT2D eigenvalue weighted by Crippen LogP contribution is -2.40. The van der Waals surface area contributed by atoms with Gasteiger partial charge in [-0.1, -0.05) is 12.5 Å². The molecule has 0 radical (unpaired) electrons. The van der Waals surface area contributed by atoms with Crippen LogP contribution in [0.5, 0.6) is 5.75 Å². The van der Waals surface area contributed by atoms with Crippen LogP contribution in [0.2, 0.25) is 0 Å². The van der Waals surface area contributed by atoms with Gasteiger partial charge in [0.25, 0.3) is 0 Å². The number of ether oxygens (including phenoxy) is 1. The molecule has 1 unspecified atom stereocenters. The molecule has 1 aromatic rings. The molecule has 0 spiro atoms. The highest BCUT2D eigenvalue weighted by molar-refractivity contribution is 5.67. The molecule has 110 valence electrons. The number of aliphatic carboxylic acids is 1. The van der Waals surface area contributed by atoms with Crippen molar-refractivity contribution < 1.29 is 19.0 Å². The standard InChI is InChI=1S/C15H20FNO3/c1-20-13-6-5-11(14(16)9-13)10-17-7-3-2-4-12(17)8-15(18)19/h5-6,9,12H,2-4,7-8,10H2,1H3,(H,18,19). The lowest BCUT2D eigenvalue weighted by molar-refractivity contribution is -0.138. The quantitative estimate of drug-likeness (QED) is 0.901. The van der Waals surface area contributed by atoms with E-state index >= 15 is 0 Å². The molecule has 1 aliphatic rings. The lowest BCUT2D eigenvalue weighted by atomic mass is 9.98. The number of rotatable bonds is 5. The number of hydrogen-bond donors (Lipinski definition) is 1. The molecule has 1 saturated heterocycles. The van der Waals surface area contributed by atoms with Crippen LogP contribution in [-0.2, 0) is 11.3 Å². The van der Waals surface area contributed by atoms with Crippen molar-refractivity contribution in [3.8, 4) is 5.75 Å². The summed E-state index contributed by atoms with van der Waals surface area (Å²) in [6.07, 6.45) is 3.06. The van der Waals surface area contributed by atoms with Crippen molar-refractivity contribution in [2.24, 2.45) is 0 Å². The Labute approximate surface area is 118 Å².